The number of ether oxygens (including phenoxy) is 2. The van der Waals surface area contributed by atoms with E-state index in [-0.39, 0.29) is 5.82 Å². The molecule has 0 saturated heterocycles. The highest BCUT2D eigenvalue weighted by Gasteiger charge is 2.11. The third-order valence-electron chi connectivity index (χ3n) is 2.68. The predicted octanol–water partition coefficient (Wildman–Crippen LogP) is 2.81. The van der Waals surface area contributed by atoms with Gasteiger partial charge in [0, 0.05) is 0 Å². The Morgan fingerprint density at radius 1 is 1.16 bits per heavy atom. The fourth-order valence-electron chi connectivity index (χ4n) is 1.76. The molecule has 0 saturated carbocycles. The molecular weight excluding hydrogens is 242 g/mol. The molecule has 0 amide bonds. The van der Waals surface area contributed by atoms with Crippen molar-refractivity contribution in [2.24, 2.45) is 0 Å². The topological polar surface area (TPSA) is 70.3 Å². The first kappa shape index (κ1) is 13.1. The molecule has 0 bridgehead atoms. The van der Waals surface area contributed by atoms with Gasteiger partial charge in [0.05, 0.1) is 7.11 Å². The summed E-state index contributed by atoms with van der Waals surface area (Å²) < 4.78 is 10.8. The van der Waals surface area contributed by atoms with Crippen LogP contribution in [0.5, 0.6) is 17.4 Å². The highest BCUT2D eigenvalue weighted by Crippen LogP contribution is 2.32. The minimum atomic E-state index is 0.259. The first-order valence-corrected chi connectivity index (χ1v) is 6.15. The van der Waals surface area contributed by atoms with Gasteiger partial charge in [-0.3, -0.25) is 0 Å². The van der Waals surface area contributed by atoms with Crippen molar-refractivity contribution in [2.75, 3.05) is 12.8 Å². The van der Waals surface area contributed by atoms with Crippen LogP contribution in [-0.4, -0.2) is 17.1 Å². The van der Waals surface area contributed by atoms with Gasteiger partial charge in [-0.05, 0) is 24.1 Å². The molecule has 100 valence electrons. The van der Waals surface area contributed by atoms with Crippen LogP contribution in [0.4, 0.5) is 5.82 Å². The number of nitrogens with two attached hydrogens (primary N) is 1. The van der Waals surface area contributed by atoms with Crippen LogP contribution in [0, 0.1) is 0 Å². The molecule has 0 aliphatic rings. The molecule has 5 heteroatoms. The van der Waals surface area contributed by atoms with Crippen LogP contribution in [0.15, 0.2) is 30.6 Å². The van der Waals surface area contributed by atoms with Gasteiger partial charge in [-0.2, -0.15) is 4.98 Å². The number of hydrogen-bond donors (Lipinski definition) is 1. The molecule has 2 N–H and O–H groups in total. The molecule has 0 aliphatic heterocycles. The number of rotatable bonds is 5. The first-order valence-electron chi connectivity index (χ1n) is 6.15. The third-order valence-corrected chi connectivity index (χ3v) is 2.68. The maximum atomic E-state index is 5.69. The molecule has 1 aromatic carbocycles. The van der Waals surface area contributed by atoms with Crippen molar-refractivity contribution in [3.8, 4) is 17.4 Å². The second kappa shape index (κ2) is 6.04. The molecule has 1 aromatic heterocycles. The number of methoxy groups -OCH3 is 1. The Kier molecular flexibility index (Phi) is 4.18. The maximum absolute atomic E-state index is 5.69. The number of aromatic nitrogens is 2. The zero-order chi connectivity index (χ0) is 13.7. The van der Waals surface area contributed by atoms with Crippen LogP contribution in [0.3, 0.4) is 0 Å². The highest BCUT2D eigenvalue weighted by atomic mass is 16.5. The summed E-state index contributed by atoms with van der Waals surface area (Å²) >= 11 is 0. The standard InChI is InChI=1S/C14H17N3O2/c1-3-4-10-5-7-11(8-6-10)19-14-12(18-2)13(15)16-9-17-14/h5-9H,3-4H2,1-2H3,(H2,15,16,17). The number of aryl methyl sites for hydroxylation is 1. The molecular formula is C14H17N3O2. The molecule has 0 fully saturated rings. The third kappa shape index (κ3) is 3.13. The van der Waals surface area contributed by atoms with E-state index in [4.69, 9.17) is 15.2 Å². The van der Waals surface area contributed by atoms with E-state index < -0.39 is 0 Å². The molecule has 0 aliphatic carbocycles. The smallest absolute Gasteiger partial charge is 0.268 e. The van der Waals surface area contributed by atoms with Gasteiger partial charge in [-0.1, -0.05) is 25.5 Å². The molecule has 0 spiro atoms. The number of hydrogen-bond acceptors (Lipinski definition) is 5. The van der Waals surface area contributed by atoms with Crippen LogP contribution < -0.4 is 15.2 Å². The summed E-state index contributed by atoms with van der Waals surface area (Å²) in [5.74, 6) is 1.62. The van der Waals surface area contributed by atoms with Crippen LogP contribution >= 0.6 is 0 Å². The van der Waals surface area contributed by atoms with Gasteiger partial charge >= 0.3 is 0 Å². The number of anilines is 1. The lowest BCUT2D eigenvalue weighted by molar-refractivity contribution is 0.369. The summed E-state index contributed by atoms with van der Waals surface area (Å²) in [6.45, 7) is 2.15. The summed E-state index contributed by atoms with van der Waals surface area (Å²) in [5, 5.41) is 0. The molecule has 2 aromatic rings. The second-order valence-corrected chi connectivity index (χ2v) is 4.09. The average molecular weight is 259 g/mol. The molecule has 0 atom stereocenters. The number of nitrogen functional groups attached to an aromatic ring is 1. The fraction of sp³-hybridized carbons (Fsp3) is 0.286. The quantitative estimate of drug-likeness (QED) is 0.894. The normalized spacial score (nSPS) is 10.2. The van der Waals surface area contributed by atoms with E-state index in [1.165, 1.54) is 19.0 Å². The Hall–Kier alpha value is -2.30. The monoisotopic (exact) mass is 259 g/mol. The van der Waals surface area contributed by atoms with Crippen molar-refractivity contribution in [3.05, 3.63) is 36.2 Å². The second-order valence-electron chi connectivity index (χ2n) is 4.09. The largest absolute Gasteiger partial charge is 0.489 e. The molecule has 5 nitrogen and oxygen atoms in total. The van der Waals surface area contributed by atoms with Crippen molar-refractivity contribution in [1.29, 1.82) is 0 Å². The zero-order valence-corrected chi connectivity index (χ0v) is 11.1. The van der Waals surface area contributed by atoms with Gasteiger partial charge in [-0.25, -0.2) is 4.98 Å². The number of nitrogens with zero attached hydrogens (tertiary/aromatic N) is 2. The lowest BCUT2D eigenvalue weighted by atomic mass is 10.1. The molecule has 2 rings (SSSR count). The maximum Gasteiger partial charge on any atom is 0.268 e. The van der Waals surface area contributed by atoms with Crippen LogP contribution in [0.1, 0.15) is 18.9 Å². The van der Waals surface area contributed by atoms with Crippen molar-refractivity contribution < 1.29 is 9.47 Å². The first-order chi connectivity index (χ1) is 9.24. The zero-order valence-electron chi connectivity index (χ0n) is 11.1. The van der Waals surface area contributed by atoms with Gasteiger partial charge in [0.1, 0.15) is 12.1 Å². The van der Waals surface area contributed by atoms with Gasteiger partial charge in [0.2, 0.25) is 5.75 Å². The van der Waals surface area contributed by atoms with Crippen molar-refractivity contribution in [2.45, 2.75) is 19.8 Å². The van der Waals surface area contributed by atoms with E-state index in [0.717, 1.165) is 12.8 Å². The summed E-state index contributed by atoms with van der Waals surface area (Å²) in [6, 6.07) is 7.89. The van der Waals surface area contributed by atoms with E-state index in [1.807, 2.05) is 24.3 Å². The van der Waals surface area contributed by atoms with Gasteiger partial charge in [0.25, 0.3) is 5.88 Å². The summed E-state index contributed by atoms with van der Waals surface area (Å²) in [4.78, 5) is 7.88. The van der Waals surface area contributed by atoms with E-state index in [9.17, 15) is 0 Å². The molecule has 1 heterocycles. The van der Waals surface area contributed by atoms with E-state index in [0.29, 0.717) is 17.4 Å². The fourth-order valence-corrected chi connectivity index (χ4v) is 1.76. The summed E-state index contributed by atoms with van der Waals surface area (Å²) in [6.07, 6.45) is 3.53. The predicted molar refractivity (Wildman–Crippen MR) is 73.5 cm³/mol. The van der Waals surface area contributed by atoms with Crippen LogP contribution in [-0.2, 0) is 6.42 Å². The van der Waals surface area contributed by atoms with E-state index in [1.54, 1.807) is 0 Å². The minimum Gasteiger partial charge on any atom is -0.489 e. The highest BCUT2D eigenvalue weighted by molar-refractivity contribution is 5.52. The number of benzene rings is 1. The van der Waals surface area contributed by atoms with Gasteiger partial charge in [-0.15, -0.1) is 0 Å². The Labute approximate surface area is 112 Å². The summed E-state index contributed by atoms with van der Waals surface area (Å²) in [7, 11) is 1.51. The molecule has 19 heavy (non-hydrogen) atoms. The van der Waals surface area contributed by atoms with E-state index >= 15 is 0 Å². The van der Waals surface area contributed by atoms with Crippen molar-refractivity contribution in [1.82, 2.24) is 9.97 Å². The van der Waals surface area contributed by atoms with Crippen LogP contribution in [0.2, 0.25) is 0 Å². The Morgan fingerprint density at radius 3 is 2.53 bits per heavy atom. The average Bonchev–Trinajstić information content (AvgIpc) is 2.42. The lowest BCUT2D eigenvalue weighted by Crippen LogP contribution is -2.00. The van der Waals surface area contributed by atoms with Crippen molar-refractivity contribution in [3.63, 3.8) is 0 Å². The van der Waals surface area contributed by atoms with Crippen molar-refractivity contribution >= 4 is 5.82 Å². The van der Waals surface area contributed by atoms with Gasteiger partial charge in [0.15, 0.2) is 5.82 Å². The Bertz CT molecular complexity index is 541. The molecule has 0 radical (unpaired) electrons. The summed E-state index contributed by atoms with van der Waals surface area (Å²) in [5.41, 5.74) is 6.97. The van der Waals surface area contributed by atoms with E-state index in [2.05, 4.69) is 16.9 Å². The Balaban J connectivity index is 2.19. The van der Waals surface area contributed by atoms with Gasteiger partial charge < -0.3 is 15.2 Å². The SMILES string of the molecule is CCCc1ccc(Oc2ncnc(N)c2OC)cc1. The minimum absolute atomic E-state index is 0.259. The Morgan fingerprint density at radius 2 is 1.89 bits per heavy atom. The lowest BCUT2D eigenvalue weighted by Gasteiger charge is -2.10. The molecule has 0 unspecified atom stereocenters. The van der Waals surface area contributed by atoms with Crippen LogP contribution in [0.25, 0.3) is 0 Å².